The van der Waals surface area contributed by atoms with Crippen LogP contribution in [0.1, 0.15) is 51.6 Å². The molecule has 2 fully saturated rings. The molecular formula is C22H34N4O2. The molecule has 1 aromatic heterocycles. The van der Waals surface area contributed by atoms with Gasteiger partial charge in [0.15, 0.2) is 0 Å². The number of aromatic nitrogens is 1. The quantitative estimate of drug-likeness (QED) is 0.816. The number of nitrogens with one attached hydrogen (secondary N) is 1. The number of rotatable bonds is 6. The van der Waals surface area contributed by atoms with Crippen molar-refractivity contribution in [3.63, 3.8) is 0 Å². The predicted octanol–water partition coefficient (Wildman–Crippen LogP) is 2.45. The van der Waals surface area contributed by atoms with Crippen LogP contribution in [0.25, 0.3) is 0 Å². The highest BCUT2D eigenvalue weighted by Gasteiger charge is 2.32. The number of amides is 2. The lowest BCUT2D eigenvalue weighted by Crippen LogP contribution is -2.51. The summed E-state index contributed by atoms with van der Waals surface area (Å²) in [7, 11) is 0. The Kier molecular flexibility index (Phi) is 7.43. The number of carbonyl (C=O) groups is 2. The van der Waals surface area contributed by atoms with Crippen LogP contribution in [0.5, 0.6) is 0 Å². The summed E-state index contributed by atoms with van der Waals surface area (Å²) in [6.07, 6.45) is 6.46. The third-order valence-corrected chi connectivity index (χ3v) is 5.91. The highest BCUT2D eigenvalue weighted by atomic mass is 16.2. The second kappa shape index (κ2) is 10.0. The van der Waals surface area contributed by atoms with Crippen molar-refractivity contribution in [3.05, 3.63) is 30.1 Å². The van der Waals surface area contributed by atoms with E-state index in [9.17, 15) is 9.59 Å². The summed E-state index contributed by atoms with van der Waals surface area (Å²) in [5.41, 5.74) is 0.891. The average molecular weight is 387 g/mol. The number of piperidine rings is 2. The first-order valence-corrected chi connectivity index (χ1v) is 10.7. The Morgan fingerprint density at radius 3 is 2.64 bits per heavy atom. The molecule has 2 aliphatic heterocycles. The van der Waals surface area contributed by atoms with E-state index >= 15 is 0 Å². The summed E-state index contributed by atoms with van der Waals surface area (Å²) >= 11 is 0. The minimum atomic E-state index is 0.0538. The zero-order chi connectivity index (χ0) is 19.9. The number of hydrogen-bond donors (Lipinski definition) is 1. The van der Waals surface area contributed by atoms with Crippen molar-refractivity contribution >= 4 is 11.8 Å². The van der Waals surface area contributed by atoms with Gasteiger partial charge in [-0.05, 0) is 50.3 Å². The van der Waals surface area contributed by atoms with E-state index in [1.807, 2.05) is 23.1 Å². The molecular weight excluding hydrogens is 352 g/mol. The molecule has 0 saturated carbocycles. The van der Waals surface area contributed by atoms with Crippen LogP contribution in [0.2, 0.25) is 0 Å². The van der Waals surface area contributed by atoms with Gasteiger partial charge < -0.3 is 10.2 Å². The summed E-state index contributed by atoms with van der Waals surface area (Å²) < 4.78 is 0. The molecule has 0 bridgehead atoms. The second-order valence-corrected chi connectivity index (χ2v) is 8.58. The smallest absolute Gasteiger partial charge is 0.224 e. The van der Waals surface area contributed by atoms with Gasteiger partial charge in [0.2, 0.25) is 11.8 Å². The number of hydrogen-bond acceptors (Lipinski definition) is 4. The Bertz CT molecular complexity index is 641. The molecule has 28 heavy (non-hydrogen) atoms. The molecule has 1 aromatic rings. The van der Waals surface area contributed by atoms with Gasteiger partial charge in [-0.25, -0.2) is 0 Å². The number of nitrogens with zero attached hydrogens (tertiary/aromatic N) is 3. The van der Waals surface area contributed by atoms with Gasteiger partial charge in [0.25, 0.3) is 0 Å². The van der Waals surface area contributed by atoms with Crippen molar-refractivity contribution in [2.24, 2.45) is 11.8 Å². The lowest BCUT2D eigenvalue weighted by atomic mass is 9.93. The maximum atomic E-state index is 12.6. The third-order valence-electron chi connectivity index (χ3n) is 5.91. The maximum Gasteiger partial charge on any atom is 0.224 e. The van der Waals surface area contributed by atoms with Gasteiger partial charge in [-0.2, -0.15) is 0 Å². The SMILES string of the molecule is CC(C)CC(=O)N1CCC(N2CCC[C@@H](C(=O)NCc3ccccn3)C2)CC1. The molecule has 3 rings (SSSR count). The van der Waals surface area contributed by atoms with E-state index in [1.54, 1.807) is 6.20 Å². The predicted molar refractivity (Wildman–Crippen MR) is 109 cm³/mol. The van der Waals surface area contributed by atoms with Crippen molar-refractivity contribution < 1.29 is 9.59 Å². The summed E-state index contributed by atoms with van der Waals surface area (Å²) in [5, 5.41) is 3.05. The molecule has 1 N–H and O–H groups in total. The Balaban J connectivity index is 1.44. The van der Waals surface area contributed by atoms with Crippen LogP contribution in [0.15, 0.2) is 24.4 Å². The highest BCUT2D eigenvalue weighted by molar-refractivity contribution is 5.79. The van der Waals surface area contributed by atoms with Gasteiger partial charge >= 0.3 is 0 Å². The van der Waals surface area contributed by atoms with Crippen LogP contribution < -0.4 is 5.32 Å². The van der Waals surface area contributed by atoms with Crippen molar-refractivity contribution in [2.45, 2.75) is 58.5 Å². The lowest BCUT2D eigenvalue weighted by Gasteiger charge is -2.42. The Labute approximate surface area is 168 Å². The van der Waals surface area contributed by atoms with E-state index < -0.39 is 0 Å². The van der Waals surface area contributed by atoms with Crippen molar-refractivity contribution in [2.75, 3.05) is 26.2 Å². The number of likely N-dealkylation sites (tertiary alicyclic amines) is 2. The normalized spacial score (nSPS) is 21.7. The van der Waals surface area contributed by atoms with Crippen LogP contribution in [0.4, 0.5) is 0 Å². The third kappa shape index (κ3) is 5.77. The fraction of sp³-hybridized carbons (Fsp3) is 0.682. The van der Waals surface area contributed by atoms with Crippen LogP contribution in [-0.2, 0) is 16.1 Å². The monoisotopic (exact) mass is 386 g/mol. The molecule has 0 aliphatic carbocycles. The van der Waals surface area contributed by atoms with Crippen molar-refractivity contribution in [3.8, 4) is 0 Å². The van der Waals surface area contributed by atoms with Crippen LogP contribution >= 0.6 is 0 Å². The first-order chi connectivity index (χ1) is 13.5. The molecule has 2 amide bonds. The molecule has 3 heterocycles. The van der Waals surface area contributed by atoms with E-state index in [-0.39, 0.29) is 11.8 Å². The molecule has 0 unspecified atom stereocenters. The molecule has 6 heteroatoms. The summed E-state index contributed by atoms with van der Waals surface area (Å²) in [6.45, 7) is 8.28. The minimum absolute atomic E-state index is 0.0538. The molecule has 0 spiro atoms. The van der Waals surface area contributed by atoms with Gasteiger partial charge in [-0.3, -0.25) is 19.5 Å². The standard InChI is InChI=1S/C22H34N4O2/c1-17(2)14-21(27)25-12-8-20(9-13-25)26-11-5-6-18(16-26)22(28)24-15-19-7-3-4-10-23-19/h3-4,7,10,17-18,20H,5-6,8-9,11-16H2,1-2H3,(H,24,28)/t18-/m1/s1. The minimum Gasteiger partial charge on any atom is -0.350 e. The van der Waals surface area contributed by atoms with Crippen LogP contribution in [0, 0.1) is 11.8 Å². The first-order valence-electron chi connectivity index (χ1n) is 10.7. The van der Waals surface area contributed by atoms with Crippen LogP contribution in [-0.4, -0.2) is 58.8 Å². The van der Waals surface area contributed by atoms with Gasteiger partial charge in [-0.1, -0.05) is 19.9 Å². The van der Waals surface area contributed by atoms with E-state index in [0.717, 1.165) is 57.6 Å². The lowest BCUT2D eigenvalue weighted by molar-refractivity contribution is -0.133. The molecule has 2 aliphatic rings. The Morgan fingerprint density at radius 1 is 1.18 bits per heavy atom. The zero-order valence-electron chi connectivity index (χ0n) is 17.3. The fourth-order valence-corrected chi connectivity index (χ4v) is 4.34. The Morgan fingerprint density at radius 2 is 1.96 bits per heavy atom. The van der Waals surface area contributed by atoms with Crippen molar-refractivity contribution in [1.29, 1.82) is 0 Å². The molecule has 0 aromatic carbocycles. The van der Waals surface area contributed by atoms with E-state index in [1.165, 1.54) is 0 Å². The van der Waals surface area contributed by atoms with E-state index in [4.69, 9.17) is 0 Å². The topological polar surface area (TPSA) is 65.5 Å². The average Bonchev–Trinajstić information content (AvgIpc) is 2.72. The summed E-state index contributed by atoms with van der Waals surface area (Å²) in [5.74, 6) is 0.898. The van der Waals surface area contributed by atoms with Gasteiger partial charge in [0.05, 0.1) is 18.2 Å². The first kappa shape index (κ1) is 20.8. The molecule has 0 radical (unpaired) electrons. The Hall–Kier alpha value is -1.95. The fourth-order valence-electron chi connectivity index (χ4n) is 4.34. The van der Waals surface area contributed by atoms with E-state index in [0.29, 0.717) is 30.8 Å². The molecule has 1 atom stereocenters. The molecule has 154 valence electrons. The van der Waals surface area contributed by atoms with Gasteiger partial charge in [0.1, 0.15) is 0 Å². The summed E-state index contributed by atoms with van der Waals surface area (Å²) in [4.78, 5) is 33.7. The van der Waals surface area contributed by atoms with Crippen molar-refractivity contribution in [1.82, 2.24) is 20.1 Å². The van der Waals surface area contributed by atoms with E-state index in [2.05, 4.69) is 29.0 Å². The molecule has 6 nitrogen and oxygen atoms in total. The number of pyridine rings is 1. The zero-order valence-corrected chi connectivity index (χ0v) is 17.3. The number of carbonyl (C=O) groups excluding carboxylic acids is 2. The van der Waals surface area contributed by atoms with Gasteiger partial charge in [0, 0.05) is 38.3 Å². The molecule has 2 saturated heterocycles. The second-order valence-electron chi connectivity index (χ2n) is 8.58. The van der Waals surface area contributed by atoms with Crippen LogP contribution in [0.3, 0.4) is 0 Å². The highest BCUT2D eigenvalue weighted by Crippen LogP contribution is 2.24. The maximum absolute atomic E-state index is 12.6. The summed E-state index contributed by atoms with van der Waals surface area (Å²) in [6, 6.07) is 6.25. The van der Waals surface area contributed by atoms with Gasteiger partial charge in [-0.15, -0.1) is 0 Å². The largest absolute Gasteiger partial charge is 0.350 e.